The Morgan fingerprint density at radius 3 is 2.55 bits per heavy atom. The van der Waals surface area contributed by atoms with Crippen LogP contribution in [0.2, 0.25) is 0 Å². The van der Waals surface area contributed by atoms with E-state index in [0.717, 1.165) is 6.08 Å². The fraction of sp³-hybridized carbons (Fsp3) is 0.208. The fourth-order valence-electron chi connectivity index (χ4n) is 3.04. The number of aldehydes is 1. The predicted octanol–water partition coefficient (Wildman–Crippen LogP) is 3.72. The van der Waals surface area contributed by atoms with Crippen molar-refractivity contribution < 1.29 is 32.2 Å². The number of benzene rings is 1. The molecular formula is C24H24F3N7O4. The molecule has 0 radical (unpaired) electrons. The summed E-state index contributed by atoms with van der Waals surface area (Å²) in [6, 6.07) is 5.59. The summed E-state index contributed by atoms with van der Waals surface area (Å²) in [5.41, 5.74) is 5.52. The van der Waals surface area contributed by atoms with Crippen molar-refractivity contribution >= 4 is 41.0 Å². The molecule has 2 heterocycles. The van der Waals surface area contributed by atoms with Crippen LogP contribution in [-0.2, 0) is 15.8 Å². The zero-order valence-corrected chi connectivity index (χ0v) is 20.3. The molecule has 0 fully saturated rings. The quantitative estimate of drug-likeness (QED) is 0.213. The summed E-state index contributed by atoms with van der Waals surface area (Å²) in [7, 11) is 1.42. The lowest BCUT2D eigenvalue weighted by atomic mass is 10.2. The number of pyridine rings is 1. The lowest BCUT2D eigenvalue weighted by molar-refractivity contribution is -0.137. The number of nitrogens with two attached hydrogens (primary N) is 1. The lowest BCUT2D eigenvalue weighted by Gasteiger charge is -2.19. The third-order valence-corrected chi connectivity index (χ3v) is 4.99. The van der Waals surface area contributed by atoms with E-state index in [9.17, 15) is 22.8 Å². The second kappa shape index (κ2) is 12.0. The SMILES string of the molecule is C=CC(=O)Nc1cc(O[C@H](C=O)CN)ccc1Nc1nc(Nc2cc(OC)ncc2C)ncc1C(F)(F)F. The molecule has 38 heavy (non-hydrogen) atoms. The van der Waals surface area contributed by atoms with Gasteiger partial charge in [0.1, 0.15) is 17.1 Å². The third-order valence-electron chi connectivity index (χ3n) is 4.99. The average molecular weight is 531 g/mol. The molecule has 3 rings (SSSR count). The van der Waals surface area contributed by atoms with Gasteiger partial charge < -0.3 is 31.2 Å². The van der Waals surface area contributed by atoms with Gasteiger partial charge >= 0.3 is 6.18 Å². The van der Waals surface area contributed by atoms with E-state index in [1.54, 1.807) is 13.0 Å². The molecule has 0 aliphatic carbocycles. The number of alkyl halides is 3. The number of nitrogens with zero attached hydrogens (tertiary/aromatic N) is 3. The van der Waals surface area contributed by atoms with Crippen LogP contribution in [0.3, 0.4) is 0 Å². The molecular weight excluding hydrogens is 507 g/mol. The molecule has 0 spiro atoms. The topological polar surface area (TPSA) is 153 Å². The largest absolute Gasteiger partial charge is 0.482 e. The van der Waals surface area contributed by atoms with Crippen LogP contribution in [0, 0.1) is 6.92 Å². The maximum atomic E-state index is 13.8. The summed E-state index contributed by atoms with van der Waals surface area (Å²) in [5, 5.41) is 7.94. The van der Waals surface area contributed by atoms with Gasteiger partial charge in [0.15, 0.2) is 12.4 Å². The Balaban J connectivity index is 2.03. The standard InChI is InChI=1S/C24H24F3N7O4/c1-4-20(36)31-19-7-14(38-15(9-28)12-35)5-6-17(19)32-22-16(24(25,26)27)11-30-23(34-22)33-18-8-21(37-3)29-10-13(18)2/h4-8,10-12,15H,1,9,28H2,2-3H3,(H,31,36)(H2,29,30,32,33,34)/t15-/m0/s1. The number of carbonyl (C=O) groups is 2. The molecule has 0 saturated heterocycles. The van der Waals surface area contributed by atoms with E-state index in [0.29, 0.717) is 23.7 Å². The predicted molar refractivity (Wildman–Crippen MR) is 134 cm³/mol. The minimum atomic E-state index is -4.80. The smallest absolute Gasteiger partial charge is 0.421 e. The first kappa shape index (κ1) is 27.9. The number of hydrogen-bond donors (Lipinski definition) is 4. The molecule has 1 atom stereocenters. The van der Waals surface area contributed by atoms with E-state index in [1.807, 2.05) is 0 Å². The van der Waals surface area contributed by atoms with Crippen LogP contribution in [0.4, 0.5) is 42.0 Å². The van der Waals surface area contributed by atoms with Crippen LogP contribution < -0.4 is 31.2 Å². The minimum absolute atomic E-state index is 0.0324. The molecule has 5 N–H and O–H groups in total. The van der Waals surface area contributed by atoms with Crippen molar-refractivity contribution in [1.29, 1.82) is 0 Å². The number of nitrogens with one attached hydrogen (secondary N) is 3. The zero-order valence-electron chi connectivity index (χ0n) is 20.3. The fourth-order valence-corrected chi connectivity index (χ4v) is 3.04. The van der Waals surface area contributed by atoms with Gasteiger partial charge in [-0.1, -0.05) is 6.58 Å². The number of aromatic nitrogens is 3. The highest BCUT2D eigenvalue weighted by molar-refractivity contribution is 6.01. The first-order valence-electron chi connectivity index (χ1n) is 11.0. The highest BCUT2D eigenvalue weighted by atomic mass is 19.4. The van der Waals surface area contributed by atoms with Crippen molar-refractivity contribution in [2.45, 2.75) is 19.2 Å². The molecule has 0 unspecified atom stereocenters. The molecule has 0 bridgehead atoms. The van der Waals surface area contributed by atoms with Gasteiger partial charge in [0.25, 0.3) is 0 Å². The Bertz CT molecular complexity index is 1330. The molecule has 0 aliphatic rings. The van der Waals surface area contributed by atoms with Gasteiger partial charge in [-0.05, 0) is 30.7 Å². The van der Waals surface area contributed by atoms with Gasteiger partial charge in [-0.25, -0.2) is 9.97 Å². The lowest BCUT2D eigenvalue weighted by Crippen LogP contribution is -2.28. The van der Waals surface area contributed by atoms with Crippen molar-refractivity contribution in [3.63, 3.8) is 0 Å². The van der Waals surface area contributed by atoms with E-state index in [1.165, 1.54) is 31.5 Å². The normalized spacial score (nSPS) is 11.7. The molecule has 0 saturated carbocycles. The molecule has 2 aromatic heterocycles. The molecule has 1 amide bonds. The number of rotatable bonds is 11. The van der Waals surface area contributed by atoms with Crippen molar-refractivity contribution in [1.82, 2.24) is 15.0 Å². The molecule has 0 aliphatic heterocycles. The molecule has 1 aromatic carbocycles. The van der Waals surface area contributed by atoms with Crippen molar-refractivity contribution in [2.24, 2.45) is 5.73 Å². The summed E-state index contributed by atoms with van der Waals surface area (Å²) in [6.45, 7) is 4.99. The highest BCUT2D eigenvalue weighted by Crippen LogP contribution is 2.37. The first-order valence-corrected chi connectivity index (χ1v) is 11.0. The number of anilines is 5. The number of halogens is 3. The van der Waals surface area contributed by atoms with Gasteiger partial charge in [-0.2, -0.15) is 18.2 Å². The number of methoxy groups -OCH3 is 1. The first-order chi connectivity index (χ1) is 18.1. The maximum Gasteiger partial charge on any atom is 0.421 e. The van der Waals surface area contributed by atoms with Gasteiger partial charge in [0.2, 0.25) is 17.7 Å². The van der Waals surface area contributed by atoms with Crippen LogP contribution >= 0.6 is 0 Å². The second-order valence-corrected chi connectivity index (χ2v) is 7.67. The Hall–Kier alpha value is -4.72. The zero-order chi connectivity index (χ0) is 27.9. The van der Waals surface area contributed by atoms with Crippen molar-refractivity contribution in [3.8, 4) is 11.6 Å². The van der Waals surface area contributed by atoms with Crippen molar-refractivity contribution in [2.75, 3.05) is 29.6 Å². The van der Waals surface area contributed by atoms with Gasteiger partial charge in [-0.15, -0.1) is 0 Å². The average Bonchev–Trinajstić information content (AvgIpc) is 2.89. The van der Waals surface area contributed by atoms with Crippen LogP contribution in [-0.4, -0.2) is 46.9 Å². The van der Waals surface area contributed by atoms with E-state index in [-0.39, 0.29) is 35.5 Å². The number of aryl methyl sites for hydroxylation is 1. The summed E-state index contributed by atoms with van der Waals surface area (Å²) in [4.78, 5) is 34.9. The number of ether oxygens (including phenoxy) is 2. The van der Waals surface area contributed by atoms with Crippen molar-refractivity contribution in [3.05, 3.63) is 60.4 Å². The second-order valence-electron chi connectivity index (χ2n) is 7.67. The van der Waals surface area contributed by atoms with Crippen LogP contribution in [0.25, 0.3) is 0 Å². The van der Waals surface area contributed by atoms with Gasteiger partial charge in [0, 0.05) is 31.1 Å². The van der Waals surface area contributed by atoms with Crippen LogP contribution in [0.15, 0.2) is 49.3 Å². The molecule has 3 aromatic rings. The van der Waals surface area contributed by atoms with Gasteiger partial charge in [0.05, 0.1) is 24.2 Å². The summed E-state index contributed by atoms with van der Waals surface area (Å²) in [6.07, 6.45) is -2.14. The Morgan fingerprint density at radius 1 is 1.16 bits per heavy atom. The number of hydrogen-bond acceptors (Lipinski definition) is 10. The highest BCUT2D eigenvalue weighted by Gasteiger charge is 2.35. The van der Waals surface area contributed by atoms with Gasteiger partial charge in [-0.3, -0.25) is 9.59 Å². The third kappa shape index (κ3) is 6.94. The Kier molecular flexibility index (Phi) is 8.81. The van der Waals surface area contributed by atoms with E-state index >= 15 is 0 Å². The summed E-state index contributed by atoms with van der Waals surface area (Å²) < 4.78 is 52.0. The molecule has 14 heteroatoms. The van der Waals surface area contributed by atoms with Crippen LogP contribution in [0.5, 0.6) is 11.6 Å². The Labute approximate surface area is 215 Å². The minimum Gasteiger partial charge on any atom is -0.482 e. The molecule has 11 nitrogen and oxygen atoms in total. The maximum absolute atomic E-state index is 13.8. The van der Waals surface area contributed by atoms with E-state index < -0.39 is 29.6 Å². The van der Waals surface area contributed by atoms with Crippen LogP contribution in [0.1, 0.15) is 11.1 Å². The van der Waals surface area contributed by atoms with E-state index in [2.05, 4.69) is 37.5 Å². The monoisotopic (exact) mass is 531 g/mol. The summed E-state index contributed by atoms with van der Waals surface area (Å²) in [5.74, 6) is -0.964. The number of amides is 1. The summed E-state index contributed by atoms with van der Waals surface area (Å²) >= 11 is 0. The Morgan fingerprint density at radius 2 is 1.92 bits per heavy atom. The number of carbonyl (C=O) groups excluding carboxylic acids is 2. The van der Waals surface area contributed by atoms with E-state index in [4.69, 9.17) is 15.2 Å². The molecule has 200 valence electrons.